The van der Waals surface area contributed by atoms with Crippen molar-refractivity contribution in [2.75, 3.05) is 6.16 Å². The molecule has 0 aliphatic rings. The third-order valence-electron chi connectivity index (χ3n) is 0.951. The van der Waals surface area contributed by atoms with E-state index in [1.165, 1.54) is 0 Å². The van der Waals surface area contributed by atoms with Crippen molar-refractivity contribution in [3.8, 4) is 0 Å². The van der Waals surface area contributed by atoms with E-state index in [4.69, 9.17) is 19.4 Å². The summed E-state index contributed by atoms with van der Waals surface area (Å²) in [6.07, 6.45) is -3.50. The topological polar surface area (TPSA) is 158 Å². The molecule has 0 aromatic carbocycles. The Morgan fingerprint density at radius 3 is 2.07 bits per heavy atom. The number of hydrogen-bond donors (Lipinski definition) is 4. The van der Waals surface area contributed by atoms with Gasteiger partial charge in [0.2, 0.25) is 5.44 Å². The number of hydrogen-bond acceptors (Lipinski definition) is 5. The Bertz CT molecular complexity index is 350. The molecule has 9 nitrogen and oxygen atoms in total. The summed E-state index contributed by atoms with van der Waals surface area (Å²) in [4.78, 5) is 26.5. The van der Waals surface area contributed by atoms with Crippen molar-refractivity contribution in [1.29, 1.82) is 0 Å². The van der Waals surface area contributed by atoms with Gasteiger partial charge in [-0.05, 0) is 0 Å². The second-order valence-electron chi connectivity index (χ2n) is 2.18. The zero-order valence-electron chi connectivity index (χ0n) is 6.47. The first-order chi connectivity index (χ1) is 6.02. The summed E-state index contributed by atoms with van der Waals surface area (Å²) in [5.74, 6) is 0. The van der Waals surface area contributed by atoms with Crippen LogP contribution >= 0.6 is 7.60 Å². The van der Waals surface area contributed by atoms with Gasteiger partial charge in [-0.3, -0.25) is 9.12 Å². The van der Waals surface area contributed by atoms with E-state index < -0.39 is 35.5 Å². The second kappa shape index (κ2) is 4.24. The molecule has 0 saturated carbocycles. The Hall–Kier alpha value is -0.670. The lowest BCUT2D eigenvalue weighted by atomic mass is 10.8. The largest absolute Gasteiger partial charge is 0.507 e. The van der Waals surface area contributed by atoms with E-state index in [0.717, 1.165) is 0 Å². The summed E-state index contributed by atoms with van der Waals surface area (Å²) in [7, 11) is -9.79. The predicted octanol–water partition coefficient (Wildman–Crippen LogP) is -0.927. The monoisotopic (exact) mass is 250 g/mol. The second-order valence-corrected chi connectivity index (χ2v) is 5.43. The maximum Gasteiger partial charge on any atom is 0.507 e. The molecule has 0 aromatic heterocycles. The van der Waals surface area contributed by atoms with Crippen molar-refractivity contribution < 1.29 is 42.0 Å². The Balaban J connectivity index is 4.77. The lowest BCUT2D eigenvalue weighted by Crippen LogP contribution is -2.29. The molecule has 1 unspecified atom stereocenters. The molecule has 0 fully saturated rings. The molecule has 0 spiro atoms. The molecule has 0 aliphatic carbocycles. The van der Waals surface area contributed by atoms with Gasteiger partial charge in [0, 0.05) is 0 Å². The van der Waals surface area contributed by atoms with Crippen LogP contribution < -0.4 is 0 Å². The van der Waals surface area contributed by atoms with Crippen molar-refractivity contribution >= 4 is 23.9 Å². The third-order valence-corrected chi connectivity index (χ3v) is 2.93. The fourth-order valence-electron chi connectivity index (χ4n) is 0.499. The highest BCUT2D eigenvalue weighted by Crippen LogP contribution is 2.36. The zero-order chi connectivity index (χ0) is 11.6. The maximum atomic E-state index is 10.4. The molecule has 0 radical (unpaired) electrons. The standard InChI is InChI=1S/C3H7O9PS/c4-3(5)12-2(14(9,10)11)1-13(6,7)8/h2H,1H2,(H,4,5)(H2,6,7,8)(H,9,10,11). The van der Waals surface area contributed by atoms with Gasteiger partial charge in [-0.2, -0.15) is 8.42 Å². The van der Waals surface area contributed by atoms with Crippen LogP contribution in [0.2, 0.25) is 0 Å². The van der Waals surface area contributed by atoms with E-state index in [2.05, 4.69) is 4.74 Å². The van der Waals surface area contributed by atoms with Crippen LogP contribution in [0.15, 0.2) is 0 Å². The highest BCUT2D eigenvalue weighted by molar-refractivity contribution is 7.86. The van der Waals surface area contributed by atoms with Gasteiger partial charge < -0.3 is 19.6 Å². The van der Waals surface area contributed by atoms with E-state index >= 15 is 0 Å². The van der Waals surface area contributed by atoms with Gasteiger partial charge in [0.1, 0.15) is 6.16 Å². The summed E-state index contributed by atoms with van der Waals surface area (Å²) in [5, 5.41) is 7.99. The van der Waals surface area contributed by atoms with Crippen LogP contribution in [0, 0.1) is 0 Å². The highest BCUT2D eigenvalue weighted by Gasteiger charge is 2.34. The van der Waals surface area contributed by atoms with Crippen molar-refractivity contribution in [2.24, 2.45) is 0 Å². The van der Waals surface area contributed by atoms with Gasteiger partial charge in [0.05, 0.1) is 0 Å². The van der Waals surface area contributed by atoms with E-state index in [-0.39, 0.29) is 0 Å². The van der Waals surface area contributed by atoms with Crippen LogP contribution in [0.4, 0.5) is 4.79 Å². The molecule has 0 aromatic rings. The Kier molecular flexibility index (Phi) is 4.03. The molecule has 0 amide bonds. The van der Waals surface area contributed by atoms with Crippen molar-refractivity contribution in [2.45, 2.75) is 5.44 Å². The maximum absolute atomic E-state index is 10.4. The van der Waals surface area contributed by atoms with Gasteiger partial charge in [0.25, 0.3) is 0 Å². The van der Waals surface area contributed by atoms with Gasteiger partial charge in [-0.1, -0.05) is 0 Å². The van der Waals surface area contributed by atoms with Gasteiger partial charge in [-0.15, -0.1) is 0 Å². The first kappa shape index (κ1) is 13.3. The van der Waals surface area contributed by atoms with Crippen LogP contribution in [0.1, 0.15) is 0 Å². The predicted molar refractivity (Wildman–Crippen MR) is 41.4 cm³/mol. The highest BCUT2D eigenvalue weighted by atomic mass is 32.2. The van der Waals surface area contributed by atoms with Crippen LogP contribution in [0.3, 0.4) is 0 Å². The third kappa shape index (κ3) is 5.89. The molecule has 0 bridgehead atoms. The van der Waals surface area contributed by atoms with Crippen LogP contribution in [0.25, 0.3) is 0 Å². The minimum atomic E-state index is -4.99. The van der Waals surface area contributed by atoms with Crippen molar-refractivity contribution in [3.05, 3.63) is 0 Å². The quantitative estimate of drug-likeness (QED) is 0.281. The Morgan fingerprint density at radius 2 is 1.86 bits per heavy atom. The average Bonchev–Trinajstić information content (AvgIpc) is 1.78. The smallest absolute Gasteiger partial charge is 0.450 e. The lowest BCUT2D eigenvalue weighted by Gasteiger charge is -2.12. The number of rotatable bonds is 4. The van der Waals surface area contributed by atoms with Gasteiger partial charge >= 0.3 is 23.9 Å². The van der Waals surface area contributed by atoms with E-state index in [1.807, 2.05) is 0 Å². The van der Waals surface area contributed by atoms with Gasteiger partial charge in [-0.25, -0.2) is 4.79 Å². The SMILES string of the molecule is O=C(O)OC(CP(=O)(O)O)S(=O)(=O)O. The van der Waals surface area contributed by atoms with E-state index in [9.17, 15) is 17.8 Å². The summed E-state index contributed by atoms with van der Waals surface area (Å²) >= 11 is 0. The normalized spacial score (nSPS) is 14.8. The summed E-state index contributed by atoms with van der Waals surface area (Å²) < 4.78 is 43.0. The first-order valence-corrected chi connectivity index (χ1v) is 6.23. The van der Waals surface area contributed by atoms with Crippen molar-refractivity contribution in [1.82, 2.24) is 0 Å². The Morgan fingerprint density at radius 1 is 1.43 bits per heavy atom. The first-order valence-electron chi connectivity index (χ1n) is 2.93. The molecule has 0 aliphatic heterocycles. The summed E-state index contributed by atoms with van der Waals surface area (Å²) in [6, 6.07) is 0. The molecule has 1 atom stereocenters. The molecule has 14 heavy (non-hydrogen) atoms. The molecule has 84 valence electrons. The van der Waals surface area contributed by atoms with Crippen molar-refractivity contribution in [3.63, 3.8) is 0 Å². The van der Waals surface area contributed by atoms with Crippen LogP contribution in [0.5, 0.6) is 0 Å². The molecule has 11 heteroatoms. The zero-order valence-corrected chi connectivity index (χ0v) is 8.18. The number of ether oxygens (including phenoxy) is 1. The molecule has 4 N–H and O–H groups in total. The van der Waals surface area contributed by atoms with Crippen LogP contribution in [-0.2, 0) is 19.4 Å². The van der Waals surface area contributed by atoms with E-state index in [1.54, 1.807) is 0 Å². The molecule has 0 heterocycles. The molecular weight excluding hydrogens is 243 g/mol. The molecular formula is C3H7O9PS. The lowest BCUT2D eigenvalue weighted by molar-refractivity contribution is 0.0807. The minimum Gasteiger partial charge on any atom is -0.450 e. The molecule has 0 rings (SSSR count). The number of carboxylic acid groups (broad SMARTS) is 1. The minimum absolute atomic E-state index is 1.43. The van der Waals surface area contributed by atoms with E-state index in [0.29, 0.717) is 0 Å². The average molecular weight is 250 g/mol. The summed E-state index contributed by atoms with van der Waals surface area (Å²) in [6.45, 7) is 0. The molecule has 0 saturated heterocycles. The van der Waals surface area contributed by atoms with Gasteiger partial charge in [0.15, 0.2) is 0 Å². The Labute approximate surface area is 78.2 Å². The number of carbonyl (C=O) groups is 1. The fraction of sp³-hybridized carbons (Fsp3) is 0.667. The summed E-state index contributed by atoms with van der Waals surface area (Å²) in [5.41, 5.74) is -2.49. The fourth-order valence-corrected chi connectivity index (χ4v) is 2.50. The van der Waals surface area contributed by atoms with Crippen LogP contribution in [-0.4, -0.2) is 45.6 Å².